The molecule has 3 aromatic carbocycles. The molecule has 5 aromatic rings. The molecule has 2 aromatic heterocycles. The summed E-state index contributed by atoms with van der Waals surface area (Å²) < 4.78 is 30.3. The molecule has 8 nitrogen and oxygen atoms in total. The molecule has 1 amide bonds. The summed E-state index contributed by atoms with van der Waals surface area (Å²) in [6.07, 6.45) is 3.37. The molecule has 0 bridgehead atoms. The molecule has 0 aliphatic rings. The number of pyridine rings is 1. The minimum atomic E-state index is -3.89. The minimum absolute atomic E-state index is 0.0826. The quantitative estimate of drug-likeness (QED) is 0.342. The number of fused-ring (bicyclic) bond motifs is 1. The van der Waals surface area contributed by atoms with Crippen molar-refractivity contribution in [3.8, 4) is 5.82 Å². The van der Waals surface area contributed by atoms with Gasteiger partial charge in [-0.3, -0.25) is 9.52 Å². The maximum atomic E-state index is 13.0. The van der Waals surface area contributed by atoms with Gasteiger partial charge in [-0.1, -0.05) is 48.5 Å². The zero-order chi connectivity index (χ0) is 25.1. The third kappa shape index (κ3) is 4.77. The number of benzene rings is 3. The molecule has 178 valence electrons. The maximum absolute atomic E-state index is 13.0. The van der Waals surface area contributed by atoms with Crippen molar-refractivity contribution in [2.24, 2.45) is 0 Å². The van der Waals surface area contributed by atoms with Gasteiger partial charge in [-0.05, 0) is 47.8 Å². The van der Waals surface area contributed by atoms with Gasteiger partial charge in [0.05, 0.1) is 17.3 Å². The summed E-state index contributed by atoms with van der Waals surface area (Å²) in [5, 5.41) is 2.88. The van der Waals surface area contributed by atoms with Gasteiger partial charge in [0.1, 0.15) is 5.52 Å². The number of hydrogen-bond donors (Lipinski definition) is 2. The van der Waals surface area contributed by atoms with Gasteiger partial charge in [-0.2, -0.15) is 4.57 Å². The summed E-state index contributed by atoms with van der Waals surface area (Å²) in [6, 6.07) is 26.1. The molecule has 0 saturated heterocycles. The van der Waals surface area contributed by atoms with Crippen molar-refractivity contribution >= 4 is 38.5 Å². The average Bonchev–Trinajstić information content (AvgIpc) is 2.89. The van der Waals surface area contributed by atoms with Crippen LogP contribution in [0, 0.1) is 6.92 Å². The highest BCUT2D eigenvalue weighted by atomic mass is 32.2. The van der Waals surface area contributed by atoms with Gasteiger partial charge in [-0.25, -0.2) is 13.4 Å². The molecule has 0 unspecified atom stereocenters. The van der Waals surface area contributed by atoms with Gasteiger partial charge < -0.3 is 5.32 Å². The van der Waals surface area contributed by atoms with E-state index in [0.717, 1.165) is 5.56 Å². The van der Waals surface area contributed by atoms with Crippen LogP contribution in [-0.2, 0) is 10.0 Å². The molecule has 0 atom stereocenters. The molecule has 0 fully saturated rings. The molecule has 0 aliphatic carbocycles. The van der Waals surface area contributed by atoms with Crippen LogP contribution in [0.3, 0.4) is 0 Å². The van der Waals surface area contributed by atoms with E-state index in [2.05, 4.69) is 20.0 Å². The van der Waals surface area contributed by atoms with Crippen LogP contribution in [0.4, 0.5) is 11.5 Å². The largest absolute Gasteiger partial charge is 0.372 e. The molecule has 0 aliphatic heterocycles. The highest BCUT2D eigenvalue weighted by Gasteiger charge is 2.25. The summed E-state index contributed by atoms with van der Waals surface area (Å²) in [5.41, 5.74) is 3.21. The zero-order valence-electron chi connectivity index (χ0n) is 19.3. The van der Waals surface area contributed by atoms with E-state index in [1.807, 2.05) is 37.3 Å². The molecule has 0 saturated carbocycles. The lowest BCUT2D eigenvalue weighted by atomic mass is 10.1. The highest BCUT2D eigenvalue weighted by molar-refractivity contribution is 7.92. The molecule has 2 heterocycles. The zero-order valence-corrected chi connectivity index (χ0v) is 20.1. The van der Waals surface area contributed by atoms with Crippen molar-refractivity contribution in [2.45, 2.75) is 11.8 Å². The Morgan fingerprint density at radius 2 is 1.39 bits per heavy atom. The lowest BCUT2D eigenvalue weighted by Gasteiger charge is -2.10. The van der Waals surface area contributed by atoms with Gasteiger partial charge in [-0.15, -0.1) is 0 Å². The first-order valence-corrected chi connectivity index (χ1v) is 12.6. The number of rotatable bonds is 6. The molecular weight excluding hydrogens is 474 g/mol. The molecule has 2 N–H and O–H groups in total. The van der Waals surface area contributed by atoms with Crippen LogP contribution >= 0.6 is 0 Å². The first-order valence-electron chi connectivity index (χ1n) is 11.1. The predicted octanol–water partition coefficient (Wildman–Crippen LogP) is 4.27. The Labute approximate surface area is 208 Å². The fraction of sp³-hybridized carbons (Fsp3) is 0.0370. The van der Waals surface area contributed by atoms with Crippen molar-refractivity contribution in [2.75, 3.05) is 10.0 Å². The number of hydrogen-bond acceptors (Lipinski definition) is 5. The van der Waals surface area contributed by atoms with Crippen LogP contribution in [0.25, 0.3) is 16.9 Å². The van der Waals surface area contributed by atoms with Gasteiger partial charge >= 0.3 is 5.82 Å². The molecule has 9 heteroatoms. The number of aryl methyl sites for hydroxylation is 1. The van der Waals surface area contributed by atoms with Crippen molar-refractivity contribution in [3.05, 3.63) is 115 Å². The smallest absolute Gasteiger partial charge is 0.322 e. The van der Waals surface area contributed by atoms with Gasteiger partial charge in [0.2, 0.25) is 11.3 Å². The maximum Gasteiger partial charge on any atom is 0.372 e. The Balaban J connectivity index is 1.50. The van der Waals surface area contributed by atoms with Crippen LogP contribution in [0.15, 0.2) is 108 Å². The van der Waals surface area contributed by atoms with Crippen LogP contribution in [-0.4, -0.2) is 24.3 Å². The number of nitrogens with one attached hydrogen (secondary N) is 2. The van der Waals surface area contributed by atoms with Crippen molar-refractivity contribution in [3.63, 3.8) is 0 Å². The van der Waals surface area contributed by atoms with Gasteiger partial charge in [0, 0.05) is 23.4 Å². The number of nitrogens with zero attached hydrogens (tertiary/aromatic N) is 3. The van der Waals surface area contributed by atoms with Crippen molar-refractivity contribution in [1.29, 1.82) is 0 Å². The topological polar surface area (TPSA) is 105 Å². The van der Waals surface area contributed by atoms with Gasteiger partial charge in [0.15, 0.2) is 0 Å². The predicted molar refractivity (Wildman–Crippen MR) is 137 cm³/mol. The number of para-hydroxylation sites is 2. The second-order valence-corrected chi connectivity index (χ2v) is 9.75. The summed E-state index contributed by atoms with van der Waals surface area (Å²) in [6.45, 7) is 1.88. The lowest BCUT2D eigenvalue weighted by Crippen LogP contribution is -2.33. The fourth-order valence-corrected chi connectivity index (χ4v) is 4.73. The van der Waals surface area contributed by atoms with E-state index in [9.17, 15) is 13.2 Å². The standard InChI is InChI=1S/C27H21N5O3S/c1-19-9-5-6-12-22(19)27(33)28-20-15-17-32(18-16-20)26-25(29-23-13-7-8-14-24(23)30-26)31-36(34,35)21-10-3-2-4-11-21/h2-18H,1H3,(H,29,31)/p+1. The third-order valence-corrected chi connectivity index (χ3v) is 6.91. The monoisotopic (exact) mass is 496 g/mol. The molecular formula is C27H22N5O3S+. The lowest BCUT2D eigenvalue weighted by molar-refractivity contribution is -0.598. The van der Waals surface area contributed by atoms with Crippen molar-refractivity contribution < 1.29 is 17.8 Å². The van der Waals surface area contributed by atoms with Crippen LogP contribution in [0.5, 0.6) is 0 Å². The SMILES string of the molecule is Cc1ccccc1C(=O)Nc1cc[n+](-c2nc3ccccc3nc2NS(=O)(=O)c2ccccc2)cc1. The first kappa shape index (κ1) is 23.1. The van der Waals surface area contributed by atoms with Crippen LogP contribution < -0.4 is 14.6 Å². The van der Waals surface area contributed by atoms with E-state index in [0.29, 0.717) is 28.1 Å². The second kappa shape index (κ2) is 9.55. The van der Waals surface area contributed by atoms with E-state index in [-0.39, 0.29) is 16.6 Å². The van der Waals surface area contributed by atoms with Crippen LogP contribution in [0.2, 0.25) is 0 Å². The Hall–Kier alpha value is -4.63. The van der Waals surface area contributed by atoms with E-state index in [1.54, 1.807) is 65.5 Å². The summed E-state index contributed by atoms with van der Waals surface area (Å²) in [5.74, 6) is 0.164. The molecule has 0 radical (unpaired) electrons. The normalized spacial score (nSPS) is 11.2. The van der Waals surface area contributed by atoms with Crippen LogP contribution in [0.1, 0.15) is 15.9 Å². The number of sulfonamides is 1. The van der Waals surface area contributed by atoms with Crippen molar-refractivity contribution in [1.82, 2.24) is 9.97 Å². The fourth-order valence-electron chi connectivity index (χ4n) is 3.70. The summed E-state index contributed by atoms with van der Waals surface area (Å²) >= 11 is 0. The van der Waals surface area contributed by atoms with E-state index >= 15 is 0 Å². The Bertz CT molecular complexity index is 1670. The molecule has 5 rings (SSSR count). The van der Waals surface area contributed by atoms with E-state index in [1.165, 1.54) is 12.1 Å². The Morgan fingerprint density at radius 1 is 0.778 bits per heavy atom. The summed E-state index contributed by atoms with van der Waals surface area (Å²) in [4.78, 5) is 22.0. The number of carbonyl (C=O) groups excluding carboxylic acids is 1. The average molecular weight is 497 g/mol. The molecule has 0 spiro atoms. The number of anilines is 2. The summed E-state index contributed by atoms with van der Waals surface area (Å²) in [7, 11) is -3.89. The number of carbonyl (C=O) groups is 1. The first-order chi connectivity index (χ1) is 17.4. The third-order valence-electron chi connectivity index (χ3n) is 5.56. The Morgan fingerprint density at radius 3 is 2.08 bits per heavy atom. The van der Waals surface area contributed by atoms with Gasteiger partial charge in [0.25, 0.3) is 15.9 Å². The number of aromatic nitrogens is 3. The van der Waals surface area contributed by atoms with E-state index < -0.39 is 10.0 Å². The highest BCUT2D eigenvalue weighted by Crippen LogP contribution is 2.21. The Kier molecular flexibility index (Phi) is 6.14. The second-order valence-electron chi connectivity index (χ2n) is 8.07. The number of amides is 1. The minimum Gasteiger partial charge on any atom is -0.322 e. The van der Waals surface area contributed by atoms with E-state index in [4.69, 9.17) is 0 Å². The molecule has 36 heavy (non-hydrogen) atoms.